The van der Waals surface area contributed by atoms with Crippen LogP contribution in [0.1, 0.15) is 29.8 Å². The largest absolute Gasteiger partial charge is 0.333 e. The van der Waals surface area contributed by atoms with E-state index < -0.39 is 0 Å². The number of amides is 1. The Morgan fingerprint density at radius 1 is 1.17 bits per heavy atom. The van der Waals surface area contributed by atoms with Crippen LogP contribution in [0.4, 0.5) is 0 Å². The monoisotopic (exact) mass is 309 g/mol. The molecule has 1 amide bonds. The summed E-state index contributed by atoms with van der Waals surface area (Å²) in [4.78, 5) is 20.7. The van der Waals surface area contributed by atoms with Crippen molar-refractivity contribution >= 4 is 5.91 Å². The maximum absolute atomic E-state index is 12.0. The summed E-state index contributed by atoms with van der Waals surface area (Å²) in [5.41, 5.74) is 3.46. The molecule has 1 aliphatic rings. The first-order chi connectivity index (χ1) is 11.1. The van der Waals surface area contributed by atoms with Gasteiger partial charge in [-0.1, -0.05) is 36.4 Å². The first-order valence-corrected chi connectivity index (χ1v) is 8.09. The van der Waals surface area contributed by atoms with E-state index in [9.17, 15) is 4.79 Å². The highest BCUT2D eigenvalue weighted by Crippen LogP contribution is 2.26. The molecule has 1 atom stereocenters. The van der Waals surface area contributed by atoms with Gasteiger partial charge in [-0.25, -0.2) is 0 Å². The number of pyridine rings is 1. The minimum atomic E-state index is 0.126. The Kier molecular flexibility index (Phi) is 4.72. The number of rotatable bonds is 3. The highest BCUT2D eigenvalue weighted by atomic mass is 16.2. The van der Waals surface area contributed by atoms with Crippen LogP contribution in [0.3, 0.4) is 0 Å². The van der Waals surface area contributed by atoms with Gasteiger partial charge in [0.05, 0.1) is 6.04 Å². The van der Waals surface area contributed by atoms with Crippen LogP contribution in [0.15, 0.2) is 48.7 Å². The summed E-state index contributed by atoms with van der Waals surface area (Å²) in [5.74, 6) is 0.149. The van der Waals surface area contributed by atoms with E-state index in [1.165, 1.54) is 11.1 Å². The molecule has 0 N–H and O–H groups in total. The lowest BCUT2D eigenvalue weighted by Gasteiger charge is -2.41. The number of carbonyl (C=O) groups is 1. The van der Waals surface area contributed by atoms with Crippen LogP contribution in [0.25, 0.3) is 0 Å². The molecule has 0 spiro atoms. The Morgan fingerprint density at radius 3 is 2.61 bits per heavy atom. The van der Waals surface area contributed by atoms with Crippen molar-refractivity contribution in [2.75, 3.05) is 19.6 Å². The van der Waals surface area contributed by atoms with Gasteiger partial charge in [-0.3, -0.25) is 14.7 Å². The summed E-state index contributed by atoms with van der Waals surface area (Å²) in [5, 5.41) is 0. The number of benzene rings is 1. The highest BCUT2D eigenvalue weighted by Gasteiger charge is 2.29. The Balaban J connectivity index is 1.75. The van der Waals surface area contributed by atoms with E-state index in [2.05, 4.69) is 34.1 Å². The first-order valence-electron chi connectivity index (χ1n) is 8.09. The number of aromatic nitrogens is 1. The molecule has 1 saturated heterocycles. The molecule has 2 aromatic rings. The van der Waals surface area contributed by atoms with Gasteiger partial charge in [0.1, 0.15) is 0 Å². The first kappa shape index (κ1) is 15.7. The molecule has 0 bridgehead atoms. The Labute approximate surface area is 137 Å². The van der Waals surface area contributed by atoms with Crippen molar-refractivity contribution in [2.45, 2.75) is 26.4 Å². The Morgan fingerprint density at radius 2 is 1.96 bits per heavy atom. The predicted molar refractivity (Wildman–Crippen MR) is 90.8 cm³/mol. The molecule has 2 heterocycles. The number of hydrogen-bond acceptors (Lipinski definition) is 3. The summed E-state index contributed by atoms with van der Waals surface area (Å²) in [7, 11) is 0. The van der Waals surface area contributed by atoms with Crippen molar-refractivity contribution in [3.05, 3.63) is 65.5 Å². The third-order valence-electron chi connectivity index (χ3n) is 4.43. The van der Waals surface area contributed by atoms with Gasteiger partial charge in [0.15, 0.2) is 0 Å². The maximum Gasteiger partial charge on any atom is 0.220 e. The SMILES string of the molecule is CC(=O)N1CCN(Cc2ccc(C)nc2)CC1c1ccccc1. The Bertz CT molecular complexity index is 654. The minimum absolute atomic E-state index is 0.126. The van der Waals surface area contributed by atoms with Crippen molar-refractivity contribution in [1.29, 1.82) is 0 Å². The molecule has 1 unspecified atom stereocenters. The van der Waals surface area contributed by atoms with Crippen LogP contribution >= 0.6 is 0 Å². The van der Waals surface area contributed by atoms with Gasteiger partial charge < -0.3 is 4.90 Å². The van der Waals surface area contributed by atoms with Crippen LogP contribution in [0, 0.1) is 6.92 Å². The number of hydrogen-bond donors (Lipinski definition) is 0. The quantitative estimate of drug-likeness (QED) is 0.875. The number of carbonyl (C=O) groups excluding carboxylic acids is 1. The normalized spacial score (nSPS) is 18.9. The molecule has 4 nitrogen and oxygen atoms in total. The summed E-state index contributed by atoms with van der Waals surface area (Å²) < 4.78 is 0. The van der Waals surface area contributed by atoms with Gasteiger partial charge in [0.2, 0.25) is 5.91 Å². The number of nitrogens with zero attached hydrogens (tertiary/aromatic N) is 3. The fraction of sp³-hybridized carbons (Fsp3) is 0.368. The van der Waals surface area contributed by atoms with Gasteiger partial charge in [0.25, 0.3) is 0 Å². The molecule has 0 aliphatic carbocycles. The van der Waals surface area contributed by atoms with Crippen molar-refractivity contribution in [1.82, 2.24) is 14.8 Å². The molecule has 4 heteroatoms. The van der Waals surface area contributed by atoms with Gasteiger partial charge in [-0.15, -0.1) is 0 Å². The van der Waals surface area contributed by atoms with Crippen molar-refractivity contribution < 1.29 is 4.79 Å². The average Bonchev–Trinajstić information content (AvgIpc) is 2.57. The Hall–Kier alpha value is -2.20. The lowest BCUT2D eigenvalue weighted by molar-refractivity contribution is -0.134. The fourth-order valence-corrected chi connectivity index (χ4v) is 3.17. The zero-order valence-electron chi connectivity index (χ0n) is 13.8. The molecule has 1 fully saturated rings. The standard InChI is InChI=1S/C19H23N3O/c1-15-8-9-17(12-20-15)13-21-10-11-22(16(2)23)19(14-21)18-6-4-3-5-7-18/h3-9,12,19H,10-11,13-14H2,1-2H3. The molecule has 3 rings (SSSR count). The second-order valence-corrected chi connectivity index (χ2v) is 6.18. The van der Waals surface area contributed by atoms with Crippen LogP contribution < -0.4 is 0 Å². The van der Waals surface area contributed by atoms with Gasteiger partial charge in [-0.05, 0) is 24.1 Å². The maximum atomic E-state index is 12.0. The minimum Gasteiger partial charge on any atom is -0.333 e. The lowest BCUT2D eigenvalue weighted by atomic mass is 10.0. The molecule has 1 aromatic carbocycles. The summed E-state index contributed by atoms with van der Waals surface area (Å²) in [6.07, 6.45) is 1.95. The second kappa shape index (κ2) is 6.92. The van der Waals surface area contributed by atoms with Crippen LogP contribution in [-0.2, 0) is 11.3 Å². The number of piperazine rings is 1. The van der Waals surface area contributed by atoms with Crippen molar-refractivity contribution in [3.8, 4) is 0 Å². The van der Waals surface area contributed by atoms with E-state index in [1.54, 1.807) is 6.92 Å². The average molecular weight is 309 g/mol. The summed E-state index contributed by atoms with van der Waals surface area (Å²) in [6.45, 7) is 7.07. The molecule has 1 aromatic heterocycles. The summed E-state index contributed by atoms with van der Waals surface area (Å²) in [6, 6.07) is 14.6. The highest BCUT2D eigenvalue weighted by molar-refractivity contribution is 5.74. The van der Waals surface area contributed by atoms with E-state index in [0.29, 0.717) is 0 Å². The van der Waals surface area contributed by atoms with E-state index in [-0.39, 0.29) is 11.9 Å². The smallest absolute Gasteiger partial charge is 0.220 e. The molecular formula is C19H23N3O. The second-order valence-electron chi connectivity index (χ2n) is 6.18. The van der Waals surface area contributed by atoms with E-state index >= 15 is 0 Å². The third kappa shape index (κ3) is 3.77. The molecule has 23 heavy (non-hydrogen) atoms. The van der Waals surface area contributed by atoms with E-state index in [1.807, 2.05) is 36.2 Å². The van der Waals surface area contributed by atoms with Crippen LogP contribution in [0.5, 0.6) is 0 Å². The topological polar surface area (TPSA) is 36.4 Å². The third-order valence-corrected chi connectivity index (χ3v) is 4.43. The van der Waals surface area contributed by atoms with Gasteiger partial charge in [0, 0.05) is 45.0 Å². The predicted octanol–water partition coefficient (Wildman–Crippen LogP) is 2.80. The molecule has 120 valence electrons. The molecular weight excluding hydrogens is 286 g/mol. The van der Waals surface area contributed by atoms with Gasteiger partial charge >= 0.3 is 0 Å². The van der Waals surface area contributed by atoms with Crippen molar-refractivity contribution in [2.24, 2.45) is 0 Å². The number of aryl methyl sites for hydroxylation is 1. The van der Waals surface area contributed by atoms with E-state index in [4.69, 9.17) is 0 Å². The zero-order valence-corrected chi connectivity index (χ0v) is 13.8. The summed E-state index contributed by atoms with van der Waals surface area (Å²) >= 11 is 0. The van der Waals surface area contributed by atoms with Crippen LogP contribution in [-0.4, -0.2) is 40.3 Å². The van der Waals surface area contributed by atoms with Gasteiger partial charge in [-0.2, -0.15) is 0 Å². The van der Waals surface area contributed by atoms with Crippen molar-refractivity contribution in [3.63, 3.8) is 0 Å². The fourth-order valence-electron chi connectivity index (χ4n) is 3.17. The molecule has 1 aliphatic heterocycles. The lowest BCUT2D eigenvalue weighted by Crippen LogP contribution is -2.49. The zero-order chi connectivity index (χ0) is 16.2. The molecule has 0 radical (unpaired) electrons. The van der Waals surface area contributed by atoms with Crippen LogP contribution in [0.2, 0.25) is 0 Å². The van der Waals surface area contributed by atoms with E-state index in [0.717, 1.165) is 31.9 Å². The molecule has 0 saturated carbocycles.